The number of ketones is 1. The minimum absolute atomic E-state index is 0.0109. The van der Waals surface area contributed by atoms with Crippen LogP contribution in [0.15, 0.2) is 28.1 Å². The second-order valence-corrected chi connectivity index (χ2v) is 6.36. The highest BCUT2D eigenvalue weighted by molar-refractivity contribution is 8.00. The number of nitrogens with zero attached hydrogens (tertiary/aromatic N) is 1. The molecule has 0 aliphatic heterocycles. The van der Waals surface area contributed by atoms with Crippen LogP contribution in [0.5, 0.6) is 0 Å². The summed E-state index contributed by atoms with van der Waals surface area (Å²) in [6.07, 6.45) is 0. The summed E-state index contributed by atoms with van der Waals surface area (Å²) in [5.74, 6) is -0.0968. The zero-order valence-electron chi connectivity index (χ0n) is 12.2. The molecule has 1 N–H and O–H groups in total. The highest BCUT2D eigenvalue weighted by Crippen LogP contribution is 2.10. The third-order valence-corrected chi connectivity index (χ3v) is 4.33. The van der Waals surface area contributed by atoms with E-state index in [1.165, 1.54) is 11.3 Å². The van der Waals surface area contributed by atoms with Gasteiger partial charge >= 0.3 is 5.97 Å². The van der Waals surface area contributed by atoms with Gasteiger partial charge in [0.1, 0.15) is 5.76 Å². The van der Waals surface area contributed by atoms with Gasteiger partial charge in [0.2, 0.25) is 11.7 Å². The number of rotatable bonds is 8. The first-order chi connectivity index (χ1) is 11.0. The van der Waals surface area contributed by atoms with Gasteiger partial charge in [-0.25, -0.2) is 0 Å². The Morgan fingerprint density at radius 3 is 2.87 bits per heavy atom. The average Bonchev–Trinajstić information content (AvgIpc) is 3.16. The fraction of sp³-hybridized carbons (Fsp3) is 0.286. The maximum atomic E-state index is 11.6. The average molecular weight is 354 g/mol. The van der Waals surface area contributed by atoms with Gasteiger partial charge < -0.3 is 14.6 Å². The van der Waals surface area contributed by atoms with E-state index in [4.69, 9.17) is 9.26 Å². The van der Waals surface area contributed by atoms with Gasteiger partial charge in [0.25, 0.3) is 0 Å². The molecule has 2 aromatic heterocycles. The second-order valence-electron chi connectivity index (χ2n) is 4.42. The van der Waals surface area contributed by atoms with Crippen molar-refractivity contribution in [1.29, 1.82) is 0 Å². The molecule has 0 spiro atoms. The van der Waals surface area contributed by atoms with E-state index in [1.807, 2.05) is 0 Å². The van der Waals surface area contributed by atoms with E-state index in [0.29, 0.717) is 16.5 Å². The summed E-state index contributed by atoms with van der Waals surface area (Å²) in [5, 5.41) is 7.94. The molecule has 0 radical (unpaired) electrons. The molecule has 0 fully saturated rings. The van der Waals surface area contributed by atoms with Crippen molar-refractivity contribution in [1.82, 2.24) is 5.16 Å². The third kappa shape index (κ3) is 5.87. The number of carbonyl (C=O) groups excluding carboxylic acids is 3. The Morgan fingerprint density at radius 2 is 2.22 bits per heavy atom. The summed E-state index contributed by atoms with van der Waals surface area (Å²) in [7, 11) is 0. The molecule has 0 bridgehead atoms. The highest BCUT2D eigenvalue weighted by atomic mass is 32.2. The second kappa shape index (κ2) is 8.49. The van der Waals surface area contributed by atoms with Gasteiger partial charge in [-0.15, -0.1) is 23.1 Å². The van der Waals surface area contributed by atoms with Gasteiger partial charge in [-0.05, 0) is 18.4 Å². The van der Waals surface area contributed by atoms with Gasteiger partial charge in [0, 0.05) is 6.07 Å². The Morgan fingerprint density at radius 1 is 1.39 bits per heavy atom. The van der Waals surface area contributed by atoms with Crippen LogP contribution in [0.2, 0.25) is 0 Å². The van der Waals surface area contributed by atoms with Crippen LogP contribution in [0.3, 0.4) is 0 Å². The Labute approximate surface area is 140 Å². The molecular weight excluding hydrogens is 340 g/mol. The molecule has 7 nitrogen and oxygen atoms in total. The Kier molecular flexibility index (Phi) is 6.36. The van der Waals surface area contributed by atoms with Gasteiger partial charge in [0.15, 0.2) is 12.4 Å². The number of aromatic nitrogens is 1. The number of ether oxygens (including phenoxy) is 1. The molecule has 0 aliphatic carbocycles. The Balaban J connectivity index is 1.61. The lowest BCUT2D eigenvalue weighted by Gasteiger charge is -2.03. The molecule has 122 valence electrons. The van der Waals surface area contributed by atoms with E-state index in [1.54, 1.807) is 30.5 Å². The summed E-state index contributed by atoms with van der Waals surface area (Å²) >= 11 is 2.39. The third-order valence-electron chi connectivity index (χ3n) is 2.51. The van der Waals surface area contributed by atoms with Crippen molar-refractivity contribution in [2.75, 3.05) is 23.4 Å². The first-order valence-electron chi connectivity index (χ1n) is 6.58. The van der Waals surface area contributed by atoms with Crippen LogP contribution in [-0.4, -0.2) is 40.9 Å². The van der Waals surface area contributed by atoms with Crippen LogP contribution in [0.25, 0.3) is 0 Å². The lowest BCUT2D eigenvalue weighted by Crippen LogP contribution is -2.18. The van der Waals surface area contributed by atoms with E-state index in [9.17, 15) is 14.4 Å². The number of esters is 1. The molecule has 2 rings (SSSR count). The van der Waals surface area contributed by atoms with Crippen LogP contribution in [0.4, 0.5) is 5.82 Å². The quantitative estimate of drug-likeness (QED) is 0.573. The molecule has 0 aromatic carbocycles. The number of carbonyl (C=O) groups is 3. The first-order valence-corrected chi connectivity index (χ1v) is 8.61. The maximum Gasteiger partial charge on any atom is 0.316 e. The minimum atomic E-state index is -0.537. The Bertz CT molecular complexity index is 681. The lowest BCUT2D eigenvalue weighted by atomic mass is 10.3. The predicted molar refractivity (Wildman–Crippen MR) is 86.8 cm³/mol. The summed E-state index contributed by atoms with van der Waals surface area (Å²) in [5.41, 5.74) is 0. The molecule has 1 amide bonds. The topological polar surface area (TPSA) is 98.5 Å². The van der Waals surface area contributed by atoms with E-state index >= 15 is 0 Å². The number of thiophene rings is 1. The number of anilines is 1. The number of hydrogen-bond acceptors (Lipinski definition) is 8. The number of aryl methyl sites for hydroxylation is 1. The van der Waals surface area contributed by atoms with Crippen molar-refractivity contribution in [3.05, 3.63) is 34.2 Å². The van der Waals surface area contributed by atoms with Crippen molar-refractivity contribution in [3.63, 3.8) is 0 Å². The first kappa shape index (κ1) is 17.2. The normalized spacial score (nSPS) is 10.3. The fourth-order valence-corrected chi connectivity index (χ4v) is 2.79. The highest BCUT2D eigenvalue weighted by Gasteiger charge is 2.12. The summed E-state index contributed by atoms with van der Waals surface area (Å²) in [4.78, 5) is 35.3. The summed E-state index contributed by atoms with van der Waals surface area (Å²) < 4.78 is 9.69. The summed E-state index contributed by atoms with van der Waals surface area (Å²) in [6.45, 7) is 1.43. The molecule has 0 saturated carbocycles. The minimum Gasteiger partial charge on any atom is -0.457 e. The van der Waals surface area contributed by atoms with Crippen LogP contribution in [0.1, 0.15) is 15.4 Å². The van der Waals surface area contributed by atoms with Crippen LogP contribution >= 0.6 is 23.1 Å². The number of amides is 1. The van der Waals surface area contributed by atoms with Gasteiger partial charge in [-0.3, -0.25) is 14.4 Å². The van der Waals surface area contributed by atoms with E-state index in [0.717, 1.165) is 11.8 Å². The van der Waals surface area contributed by atoms with Crippen molar-refractivity contribution in [2.45, 2.75) is 6.92 Å². The van der Waals surface area contributed by atoms with E-state index in [-0.39, 0.29) is 29.8 Å². The smallest absolute Gasteiger partial charge is 0.316 e. The lowest BCUT2D eigenvalue weighted by molar-refractivity contribution is -0.139. The largest absolute Gasteiger partial charge is 0.457 e. The van der Waals surface area contributed by atoms with Gasteiger partial charge in [-0.1, -0.05) is 11.2 Å². The van der Waals surface area contributed by atoms with Gasteiger partial charge in [0.05, 0.1) is 16.4 Å². The maximum absolute atomic E-state index is 11.6. The number of Topliss-reactive ketones (excluding diaryl/α,β-unsaturated/α-hetero) is 1. The molecule has 2 aromatic rings. The zero-order chi connectivity index (χ0) is 16.7. The molecule has 2 heterocycles. The Hall–Kier alpha value is -2.13. The van der Waals surface area contributed by atoms with Crippen LogP contribution < -0.4 is 5.32 Å². The molecule has 0 unspecified atom stereocenters. The molecule has 0 atom stereocenters. The molecule has 23 heavy (non-hydrogen) atoms. The summed E-state index contributed by atoms with van der Waals surface area (Å²) in [6, 6.07) is 5.02. The van der Waals surface area contributed by atoms with Crippen molar-refractivity contribution >= 4 is 46.6 Å². The number of thioether (sulfide) groups is 1. The van der Waals surface area contributed by atoms with Crippen molar-refractivity contribution in [3.8, 4) is 0 Å². The molecule has 0 saturated heterocycles. The molecule has 9 heteroatoms. The fourth-order valence-electron chi connectivity index (χ4n) is 1.53. The number of nitrogens with one attached hydrogen (secondary N) is 1. The van der Waals surface area contributed by atoms with Crippen molar-refractivity contribution < 1.29 is 23.6 Å². The standard InChI is InChI=1S/C14H14N2O5S2/c1-9-5-12(16-21-9)15-13(18)7-22-8-14(19)20-6-10(17)11-3-2-4-23-11/h2-5H,6-8H2,1H3,(H,15,16,18). The SMILES string of the molecule is Cc1cc(NC(=O)CSCC(=O)OCC(=O)c2cccs2)no1. The van der Waals surface area contributed by atoms with Crippen molar-refractivity contribution in [2.24, 2.45) is 0 Å². The van der Waals surface area contributed by atoms with Crippen LogP contribution in [-0.2, 0) is 14.3 Å². The van der Waals surface area contributed by atoms with Crippen LogP contribution in [0, 0.1) is 6.92 Å². The van der Waals surface area contributed by atoms with E-state index < -0.39 is 5.97 Å². The monoisotopic (exact) mass is 354 g/mol. The molecule has 0 aliphatic rings. The molecular formula is C14H14N2O5S2. The predicted octanol–water partition coefficient (Wildman–Crippen LogP) is 2.14. The van der Waals surface area contributed by atoms with E-state index in [2.05, 4.69) is 10.5 Å². The zero-order valence-corrected chi connectivity index (χ0v) is 13.9. The number of hydrogen-bond donors (Lipinski definition) is 1. The van der Waals surface area contributed by atoms with Gasteiger partial charge in [-0.2, -0.15) is 0 Å².